The lowest BCUT2D eigenvalue weighted by Crippen LogP contribution is -2.38. The Labute approximate surface area is 81.0 Å². The van der Waals surface area contributed by atoms with E-state index in [0.717, 1.165) is 19.6 Å². The van der Waals surface area contributed by atoms with Gasteiger partial charge in [-0.05, 0) is 27.3 Å². The molecule has 78 valence electrons. The van der Waals surface area contributed by atoms with Crippen LogP contribution in [0.25, 0.3) is 0 Å². The zero-order valence-corrected chi connectivity index (χ0v) is 9.12. The Bertz CT molecular complexity index is 150. The smallest absolute Gasteiger partial charge is 0.0761 e. The second kappa shape index (κ2) is 4.94. The predicted molar refractivity (Wildman–Crippen MR) is 52.9 cm³/mol. The first-order valence-corrected chi connectivity index (χ1v) is 4.99. The largest absolute Gasteiger partial charge is 0.380 e. The van der Waals surface area contributed by atoms with Crippen LogP contribution in [0.2, 0.25) is 0 Å². The Morgan fingerprint density at radius 2 is 2.15 bits per heavy atom. The first kappa shape index (κ1) is 11.0. The van der Waals surface area contributed by atoms with Gasteiger partial charge >= 0.3 is 0 Å². The molecule has 1 heterocycles. The average molecular weight is 187 g/mol. The van der Waals surface area contributed by atoms with Gasteiger partial charge in [0.2, 0.25) is 0 Å². The van der Waals surface area contributed by atoms with Crippen LogP contribution in [-0.2, 0) is 9.47 Å². The van der Waals surface area contributed by atoms with Crippen molar-refractivity contribution in [2.24, 2.45) is 0 Å². The Morgan fingerprint density at radius 3 is 2.69 bits per heavy atom. The van der Waals surface area contributed by atoms with Crippen molar-refractivity contribution in [2.45, 2.75) is 38.5 Å². The molecular weight excluding hydrogens is 166 g/mol. The highest BCUT2D eigenvalue weighted by molar-refractivity contribution is 4.85. The van der Waals surface area contributed by atoms with Crippen molar-refractivity contribution in [3.8, 4) is 0 Å². The molecule has 13 heavy (non-hydrogen) atoms. The van der Waals surface area contributed by atoms with Gasteiger partial charge in [0, 0.05) is 13.7 Å². The molecule has 0 radical (unpaired) electrons. The number of hydrogen-bond donors (Lipinski definition) is 0. The summed E-state index contributed by atoms with van der Waals surface area (Å²) in [7, 11) is 3.92. The molecule has 2 atom stereocenters. The van der Waals surface area contributed by atoms with Gasteiger partial charge in [-0.2, -0.15) is 0 Å². The van der Waals surface area contributed by atoms with Crippen LogP contribution in [0.1, 0.15) is 20.3 Å². The van der Waals surface area contributed by atoms with Crippen LogP contribution >= 0.6 is 0 Å². The molecule has 0 aromatic heterocycles. The first-order chi connectivity index (χ1) is 6.15. The predicted octanol–water partition coefficient (Wildman–Crippen LogP) is 1.13. The molecule has 0 amide bonds. The van der Waals surface area contributed by atoms with Gasteiger partial charge in [0.05, 0.1) is 24.9 Å². The summed E-state index contributed by atoms with van der Waals surface area (Å²) in [5, 5.41) is 0. The van der Waals surface area contributed by atoms with Gasteiger partial charge in [0.15, 0.2) is 0 Å². The summed E-state index contributed by atoms with van der Waals surface area (Å²) in [4.78, 5) is 2.32. The third-order valence-corrected chi connectivity index (χ3v) is 2.66. The van der Waals surface area contributed by atoms with Crippen LogP contribution in [0.15, 0.2) is 0 Å². The topological polar surface area (TPSA) is 21.7 Å². The number of ether oxygens (including phenoxy) is 2. The van der Waals surface area contributed by atoms with E-state index in [0.29, 0.717) is 18.2 Å². The van der Waals surface area contributed by atoms with E-state index >= 15 is 0 Å². The maximum absolute atomic E-state index is 5.61. The molecule has 3 nitrogen and oxygen atoms in total. The standard InChI is InChI=1S/C10H21NO2/c1-8(2)13-7-9-10(12-4)5-6-11(9)3/h8-10H,5-7H2,1-4H3/t9-,10-/m0/s1. The van der Waals surface area contributed by atoms with Crippen molar-refractivity contribution >= 4 is 0 Å². The lowest BCUT2D eigenvalue weighted by molar-refractivity contribution is -0.00461. The maximum atomic E-state index is 5.61. The molecule has 0 spiro atoms. The van der Waals surface area contributed by atoms with Crippen molar-refractivity contribution in [1.29, 1.82) is 0 Å². The molecule has 0 aliphatic carbocycles. The van der Waals surface area contributed by atoms with E-state index in [-0.39, 0.29) is 0 Å². The molecule has 0 bridgehead atoms. The van der Waals surface area contributed by atoms with Crippen LogP contribution in [0.5, 0.6) is 0 Å². The van der Waals surface area contributed by atoms with E-state index in [1.165, 1.54) is 0 Å². The highest BCUT2D eigenvalue weighted by Gasteiger charge is 2.31. The van der Waals surface area contributed by atoms with Crippen molar-refractivity contribution < 1.29 is 9.47 Å². The SMILES string of the molecule is CO[C@H]1CCN(C)[C@H]1COC(C)C. The van der Waals surface area contributed by atoms with Crippen LogP contribution in [0, 0.1) is 0 Å². The van der Waals surface area contributed by atoms with Gasteiger partial charge in [-0.3, -0.25) is 4.90 Å². The summed E-state index contributed by atoms with van der Waals surface area (Å²) in [5.41, 5.74) is 0. The third kappa shape index (κ3) is 2.93. The molecule has 0 aromatic carbocycles. The lowest BCUT2D eigenvalue weighted by atomic mass is 10.2. The normalized spacial score (nSPS) is 30.2. The molecular formula is C10H21NO2. The number of hydrogen-bond acceptors (Lipinski definition) is 3. The molecule has 0 aromatic rings. The van der Waals surface area contributed by atoms with Crippen molar-refractivity contribution in [3.05, 3.63) is 0 Å². The van der Waals surface area contributed by atoms with E-state index in [2.05, 4.69) is 25.8 Å². The minimum atomic E-state index is 0.312. The summed E-state index contributed by atoms with van der Waals surface area (Å²) in [6.45, 7) is 6.03. The number of nitrogens with zero attached hydrogens (tertiary/aromatic N) is 1. The minimum Gasteiger partial charge on any atom is -0.380 e. The molecule has 0 N–H and O–H groups in total. The fourth-order valence-electron chi connectivity index (χ4n) is 1.77. The van der Waals surface area contributed by atoms with E-state index in [1.807, 2.05) is 0 Å². The highest BCUT2D eigenvalue weighted by atomic mass is 16.5. The monoisotopic (exact) mass is 187 g/mol. The second-order valence-electron chi connectivity index (χ2n) is 3.99. The average Bonchev–Trinajstić information content (AvgIpc) is 2.43. The van der Waals surface area contributed by atoms with Crippen LogP contribution < -0.4 is 0 Å². The van der Waals surface area contributed by atoms with E-state index in [9.17, 15) is 0 Å². The van der Waals surface area contributed by atoms with Gasteiger partial charge in [0.1, 0.15) is 0 Å². The third-order valence-electron chi connectivity index (χ3n) is 2.66. The summed E-state index contributed by atoms with van der Waals surface area (Å²) >= 11 is 0. The molecule has 1 rings (SSSR count). The zero-order valence-electron chi connectivity index (χ0n) is 9.12. The molecule has 0 saturated carbocycles. The lowest BCUT2D eigenvalue weighted by Gasteiger charge is -2.24. The number of likely N-dealkylation sites (tertiary alicyclic amines) is 1. The van der Waals surface area contributed by atoms with Gasteiger partial charge in [-0.15, -0.1) is 0 Å². The van der Waals surface area contributed by atoms with Crippen LogP contribution in [0.4, 0.5) is 0 Å². The number of methoxy groups -OCH3 is 1. The van der Waals surface area contributed by atoms with Gasteiger partial charge in [-0.1, -0.05) is 0 Å². The fourth-order valence-corrected chi connectivity index (χ4v) is 1.77. The minimum absolute atomic E-state index is 0.312. The molecule has 1 aliphatic rings. The highest BCUT2D eigenvalue weighted by Crippen LogP contribution is 2.19. The molecule has 1 aliphatic heterocycles. The Morgan fingerprint density at radius 1 is 1.46 bits per heavy atom. The molecule has 1 fully saturated rings. The maximum Gasteiger partial charge on any atom is 0.0761 e. The van der Waals surface area contributed by atoms with Crippen molar-refractivity contribution in [3.63, 3.8) is 0 Å². The zero-order chi connectivity index (χ0) is 9.84. The van der Waals surface area contributed by atoms with Gasteiger partial charge < -0.3 is 9.47 Å². The molecule has 0 unspecified atom stereocenters. The summed E-state index contributed by atoms with van der Waals surface area (Å²) < 4.78 is 11.0. The summed E-state index contributed by atoms with van der Waals surface area (Å²) in [5.74, 6) is 0. The Kier molecular flexibility index (Phi) is 4.16. The Balaban J connectivity index is 2.35. The van der Waals surface area contributed by atoms with Crippen molar-refractivity contribution in [2.75, 3.05) is 27.3 Å². The van der Waals surface area contributed by atoms with E-state index < -0.39 is 0 Å². The summed E-state index contributed by atoms with van der Waals surface area (Å²) in [6, 6.07) is 0.437. The molecule has 1 saturated heterocycles. The van der Waals surface area contributed by atoms with Crippen LogP contribution in [0.3, 0.4) is 0 Å². The second-order valence-corrected chi connectivity index (χ2v) is 3.99. The number of rotatable bonds is 4. The summed E-state index contributed by atoms with van der Waals surface area (Å²) in [6.07, 6.45) is 1.79. The van der Waals surface area contributed by atoms with E-state index in [1.54, 1.807) is 7.11 Å². The Hall–Kier alpha value is -0.120. The van der Waals surface area contributed by atoms with Crippen LogP contribution in [-0.4, -0.2) is 50.5 Å². The van der Waals surface area contributed by atoms with Gasteiger partial charge in [0.25, 0.3) is 0 Å². The van der Waals surface area contributed by atoms with E-state index in [4.69, 9.17) is 9.47 Å². The van der Waals surface area contributed by atoms with Crippen molar-refractivity contribution in [1.82, 2.24) is 4.90 Å². The molecule has 3 heteroatoms. The van der Waals surface area contributed by atoms with Gasteiger partial charge in [-0.25, -0.2) is 0 Å². The fraction of sp³-hybridized carbons (Fsp3) is 1.00. The quantitative estimate of drug-likeness (QED) is 0.658. The first-order valence-electron chi connectivity index (χ1n) is 4.99. The number of likely N-dealkylation sites (N-methyl/N-ethyl adjacent to an activating group) is 1.